The highest BCUT2D eigenvalue weighted by Crippen LogP contribution is 2.30. The average Bonchev–Trinajstić information content (AvgIpc) is 2.29. The zero-order valence-electron chi connectivity index (χ0n) is 10.8. The maximum Gasteiger partial charge on any atom is 0.243 e. The van der Waals surface area contributed by atoms with Crippen LogP contribution in [0.1, 0.15) is 27.2 Å². The second-order valence-electron chi connectivity index (χ2n) is 4.60. The number of benzene rings is 1. The Morgan fingerprint density at radius 1 is 1.56 bits per heavy atom. The van der Waals surface area contributed by atoms with Gasteiger partial charge in [0.1, 0.15) is 5.54 Å². The first-order chi connectivity index (χ1) is 8.33. The Morgan fingerprint density at radius 2 is 2.17 bits per heavy atom. The van der Waals surface area contributed by atoms with Crippen LogP contribution in [0.15, 0.2) is 22.7 Å². The summed E-state index contributed by atoms with van der Waals surface area (Å²) in [6.07, 6.45) is 0.625. The van der Waals surface area contributed by atoms with Gasteiger partial charge in [-0.25, -0.2) is 0 Å². The van der Waals surface area contributed by atoms with Crippen molar-refractivity contribution in [3.05, 3.63) is 27.7 Å². The summed E-state index contributed by atoms with van der Waals surface area (Å²) in [5.74, 6) is -0.250. The van der Waals surface area contributed by atoms with E-state index in [9.17, 15) is 4.79 Å². The number of hydrogen-bond donors (Lipinski definition) is 2. The minimum atomic E-state index is -0.743. The van der Waals surface area contributed by atoms with Crippen LogP contribution >= 0.6 is 27.5 Å². The Balaban J connectivity index is 3.10. The van der Waals surface area contributed by atoms with Crippen LogP contribution in [0.4, 0.5) is 5.69 Å². The average molecular weight is 334 g/mol. The number of carbonyl (C=O) groups is 1. The molecule has 1 unspecified atom stereocenters. The number of halogens is 2. The van der Waals surface area contributed by atoms with Crippen molar-refractivity contribution in [2.75, 3.05) is 5.32 Å². The van der Waals surface area contributed by atoms with Crippen LogP contribution in [0.25, 0.3) is 0 Å². The van der Waals surface area contributed by atoms with Crippen LogP contribution in [-0.4, -0.2) is 11.4 Å². The van der Waals surface area contributed by atoms with Crippen molar-refractivity contribution < 1.29 is 4.79 Å². The quantitative estimate of drug-likeness (QED) is 0.861. The molecule has 0 fully saturated rings. The van der Waals surface area contributed by atoms with Gasteiger partial charge < -0.3 is 11.1 Å². The lowest BCUT2D eigenvalue weighted by Crippen LogP contribution is -2.54. The van der Waals surface area contributed by atoms with E-state index in [2.05, 4.69) is 21.2 Å². The van der Waals surface area contributed by atoms with E-state index in [0.29, 0.717) is 11.4 Å². The standard InChI is InChI=1S/C13H18BrClN2O/c1-4-13(8(2)3,12(16)18)17-9-5-6-11(15)10(14)7-9/h5-8,17H,4H2,1-3H3,(H2,16,18). The monoisotopic (exact) mass is 332 g/mol. The molecule has 1 aromatic carbocycles. The molecule has 0 heterocycles. The number of nitrogens with two attached hydrogens (primary N) is 1. The molecule has 0 radical (unpaired) electrons. The summed E-state index contributed by atoms with van der Waals surface area (Å²) in [7, 11) is 0. The van der Waals surface area contributed by atoms with Gasteiger partial charge in [-0.05, 0) is 46.5 Å². The van der Waals surface area contributed by atoms with E-state index >= 15 is 0 Å². The number of hydrogen-bond acceptors (Lipinski definition) is 2. The molecule has 1 rings (SSSR count). The Bertz CT molecular complexity index is 451. The van der Waals surface area contributed by atoms with Gasteiger partial charge in [0.15, 0.2) is 0 Å². The zero-order valence-corrected chi connectivity index (χ0v) is 13.1. The number of rotatable bonds is 5. The number of anilines is 1. The summed E-state index contributed by atoms with van der Waals surface area (Å²) < 4.78 is 0.785. The van der Waals surface area contributed by atoms with Gasteiger partial charge in [0.2, 0.25) is 5.91 Å². The summed E-state index contributed by atoms with van der Waals surface area (Å²) in [6, 6.07) is 5.45. The van der Waals surface area contributed by atoms with Gasteiger partial charge in [0.05, 0.1) is 5.02 Å². The van der Waals surface area contributed by atoms with E-state index in [1.54, 1.807) is 6.07 Å². The maximum atomic E-state index is 11.8. The normalized spacial score (nSPS) is 14.3. The topological polar surface area (TPSA) is 55.1 Å². The molecule has 1 amide bonds. The smallest absolute Gasteiger partial charge is 0.243 e. The van der Waals surface area contributed by atoms with E-state index in [0.717, 1.165) is 10.2 Å². The molecule has 0 aliphatic carbocycles. The second kappa shape index (κ2) is 5.93. The molecule has 18 heavy (non-hydrogen) atoms. The molecule has 1 atom stereocenters. The van der Waals surface area contributed by atoms with Crippen molar-refractivity contribution in [3.8, 4) is 0 Å². The van der Waals surface area contributed by atoms with Crippen molar-refractivity contribution in [2.24, 2.45) is 11.7 Å². The molecule has 3 N–H and O–H groups in total. The molecule has 0 aliphatic heterocycles. The summed E-state index contributed by atoms with van der Waals surface area (Å²) in [6.45, 7) is 5.90. The highest BCUT2D eigenvalue weighted by Gasteiger charge is 2.38. The number of nitrogens with one attached hydrogen (secondary N) is 1. The van der Waals surface area contributed by atoms with Gasteiger partial charge in [-0.2, -0.15) is 0 Å². The lowest BCUT2D eigenvalue weighted by Gasteiger charge is -2.35. The fourth-order valence-electron chi connectivity index (χ4n) is 1.99. The third-order valence-corrected chi connectivity index (χ3v) is 4.48. The lowest BCUT2D eigenvalue weighted by molar-refractivity contribution is -0.123. The Morgan fingerprint density at radius 3 is 2.56 bits per heavy atom. The lowest BCUT2D eigenvalue weighted by atomic mass is 9.83. The Kier molecular flexibility index (Phi) is 5.05. The Hall–Kier alpha value is -0.740. The molecule has 0 saturated carbocycles. The molecule has 3 nitrogen and oxygen atoms in total. The van der Waals surface area contributed by atoms with Crippen molar-refractivity contribution in [1.29, 1.82) is 0 Å². The molecule has 0 bridgehead atoms. The third-order valence-electron chi connectivity index (χ3n) is 3.27. The third kappa shape index (κ3) is 2.98. The summed E-state index contributed by atoms with van der Waals surface area (Å²) >= 11 is 9.31. The summed E-state index contributed by atoms with van der Waals surface area (Å²) in [5, 5.41) is 3.88. The molecule has 100 valence electrons. The van der Waals surface area contributed by atoms with Crippen LogP contribution in [0.2, 0.25) is 5.02 Å². The number of primary amides is 1. The van der Waals surface area contributed by atoms with Gasteiger partial charge in [-0.3, -0.25) is 4.79 Å². The fraction of sp³-hybridized carbons (Fsp3) is 0.462. The molecule has 5 heteroatoms. The highest BCUT2D eigenvalue weighted by atomic mass is 79.9. The molecule has 0 aliphatic rings. The van der Waals surface area contributed by atoms with Crippen LogP contribution in [0, 0.1) is 5.92 Å². The van der Waals surface area contributed by atoms with Crippen molar-refractivity contribution in [3.63, 3.8) is 0 Å². The second-order valence-corrected chi connectivity index (χ2v) is 5.86. The number of amides is 1. The number of carbonyl (C=O) groups excluding carboxylic acids is 1. The predicted octanol–water partition coefficient (Wildman–Crippen LogP) is 3.80. The van der Waals surface area contributed by atoms with Crippen LogP contribution < -0.4 is 11.1 Å². The van der Waals surface area contributed by atoms with E-state index < -0.39 is 5.54 Å². The van der Waals surface area contributed by atoms with Crippen LogP contribution in [-0.2, 0) is 4.79 Å². The van der Waals surface area contributed by atoms with Crippen molar-refractivity contribution in [1.82, 2.24) is 0 Å². The van der Waals surface area contributed by atoms with Gasteiger partial charge in [0, 0.05) is 10.2 Å². The van der Waals surface area contributed by atoms with E-state index in [1.165, 1.54) is 0 Å². The van der Waals surface area contributed by atoms with E-state index in [-0.39, 0.29) is 11.8 Å². The van der Waals surface area contributed by atoms with Crippen LogP contribution in [0.3, 0.4) is 0 Å². The van der Waals surface area contributed by atoms with E-state index in [4.69, 9.17) is 17.3 Å². The van der Waals surface area contributed by atoms with Crippen molar-refractivity contribution in [2.45, 2.75) is 32.7 Å². The van der Waals surface area contributed by atoms with E-state index in [1.807, 2.05) is 32.9 Å². The molecular formula is C13H18BrClN2O. The first-order valence-electron chi connectivity index (χ1n) is 5.86. The summed E-state index contributed by atoms with van der Waals surface area (Å²) in [5.41, 5.74) is 5.64. The highest BCUT2D eigenvalue weighted by molar-refractivity contribution is 9.10. The fourth-order valence-corrected chi connectivity index (χ4v) is 2.49. The summed E-state index contributed by atoms with van der Waals surface area (Å²) in [4.78, 5) is 11.8. The molecule has 0 saturated heterocycles. The maximum absolute atomic E-state index is 11.8. The minimum absolute atomic E-state index is 0.0921. The molecule has 0 aromatic heterocycles. The van der Waals surface area contributed by atoms with Gasteiger partial charge >= 0.3 is 0 Å². The van der Waals surface area contributed by atoms with Crippen molar-refractivity contribution >= 4 is 39.1 Å². The van der Waals surface area contributed by atoms with Gasteiger partial charge in [-0.1, -0.05) is 32.4 Å². The predicted molar refractivity (Wildman–Crippen MR) is 79.8 cm³/mol. The SMILES string of the molecule is CCC(Nc1ccc(Cl)c(Br)c1)(C(N)=O)C(C)C. The van der Waals surface area contributed by atoms with Gasteiger partial charge in [-0.15, -0.1) is 0 Å². The molecular weight excluding hydrogens is 316 g/mol. The Labute approximate surface area is 121 Å². The molecule has 1 aromatic rings. The minimum Gasteiger partial charge on any atom is -0.371 e. The largest absolute Gasteiger partial charge is 0.371 e. The first kappa shape index (κ1) is 15.3. The zero-order chi connectivity index (χ0) is 13.9. The first-order valence-corrected chi connectivity index (χ1v) is 7.03. The molecule has 0 spiro atoms. The van der Waals surface area contributed by atoms with Crippen LogP contribution in [0.5, 0.6) is 0 Å². The van der Waals surface area contributed by atoms with Gasteiger partial charge in [0.25, 0.3) is 0 Å².